The number of carbonyl (C=O) groups is 1. The van der Waals surface area contributed by atoms with Gasteiger partial charge in [0.1, 0.15) is 5.75 Å². The van der Waals surface area contributed by atoms with Crippen molar-refractivity contribution in [1.29, 1.82) is 0 Å². The van der Waals surface area contributed by atoms with E-state index in [0.29, 0.717) is 5.56 Å². The summed E-state index contributed by atoms with van der Waals surface area (Å²) in [4.78, 5) is 16.2. The largest absolute Gasteiger partial charge is 0.508 e. The van der Waals surface area contributed by atoms with Crippen LogP contribution >= 0.6 is 0 Å². The van der Waals surface area contributed by atoms with Gasteiger partial charge in [0.15, 0.2) is 0 Å². The lowest BCUT2D eigenvalue weighted by molar-refractivity contribution is -0.115. The molecule has 2 N–H and O–H groups in total. The van der Waals surface area contributed by atoms with Crippen LogP contribution in [-0.2, 0) is 11.2 Å². The van der Waals surface area contributed by atoms with Gasteiger partial charge in [-0.15, -0.1) is 0 Å². The van der Waals surface area contributed by atoms with Crippen molar-refractivity contribution in [3.05, 3.63) is 66.5 Å². The predicted molar refractivity (Wildman–Crippen MR) is 82.2 cm³/mol. The highest BCUT2D eigenvalue weighted by molar-refractivity contribution is 6.02. The third kappa shape index (κ3) is 2.84. The molecular weight excluding hydrogens is 264 g/mol. The summed E-state index contributed by atoms with van der Waals surface area (Å²) in [5, 5.41) is 14.5. The summed E-state index contributed by atoms with van der Waals surface area (Å²) in [7, 11) is 0. The molecule has 0 spiro atoms. The van der Waals surface area contributed by atoms with Gasteiger partial charge in [0.25, 0.3) is 0 Å². The summed E-state index contributed by atoms with van der Waals surface area (Å²) in [6.07, 6.45) is 3.57. The average molecular weight is 278 g/mol. The van der Waals surface area contributed by atoms with E-state index < -0.39 is 0 Å². The molecule has 0 radical (unpaired) electrons. The van der Waals surface area contributed by atoms with E-state index in [9.17, 15) is 9.90 Å². The standard InChI is InChI=1S/C17H14N2O2/c20-16-7-2-1-4-13(16)10-17(21)19-15-6-3-5-12-8-9-18-11-14(12)15/h1-9,11,20H,10H2,(H,19,21). The molecule has 0 bridgehead atoms. The zero-order valence-corrected chi connectivity index (χ0v) is 11.3. The SMILES string of the molecule is O=C(Cc1ccccc1O)Nc1cccc2ccncc12. The van der Waals surface area contributed by atoms with Crippen LogP contribution in [0.2, 0.25) is 0 Å². The van der Waals surface area contributed by atoms with Gasteiger partial charge < -0.3 is 10.4 Å². The monoisotopic (exact) mass is 278 g/mol. The number of aromatic hydroxyl groups is 1. The minimum atomic E-state index is -0.173. The Morgan fingerprint density at radius 1 is 1.10 bits per heavy atom. The number of phenolic OH excluding ortho intramolecular Hbond substituents is 1. The third-order valence-electron chi connectivity index (χ3n) is 3.30. The molecule has 0 atom stereocenters. The molecule has 4 heteroatoms. The van der Waals surface area contributed by atoms with Crippen LogP contribution in [0.15, 0.2) is 60.9 Å². The summed E-state index contributed by atoms with van der Waals surface area (Å²) in [5.74, 6) is -0.0416. The topological polar surface area (TPSA) is 62.2 Å². The van der Waals surface area contributed by atoms with Gasteiger partial charge in [-0.2, -0.15) is 0 Å². The number of fused-ring (bicyclic) bond motifs is 1. The molecule has 2 aromatic carbocycles. The maximum absolute atomic E-state index is 12.1. The average Bonchev–Trinajstić information content (AvgIpc) is 2.50. The zero-order valence-electron chi connectivity index (χ0n) is 11.3. The van der Waals surface area contributed by atoms with Crippen molar-refractivity contribution in [2.24, 2.45) is 0 Å². The minimum Gasteiger partial charge on any atom is -0.508 e. The number of anilines is 1. The minimum absolute atomic E-state index is 0.128. The zero-order chi connectivity index (χ0) is 14.7. The van der Waals surface area contributed by atoms with Gasteiger partial charge in [-0.1, -0.05) is 30.3 Å². The molecule has 0 fully saturated rings. The van der Waals surface area contributed by atoms with Crippen molar-refractivity contribution < 1.29 is 9.90 Å². The summed E-state index contributed by atoms with van der Waals surface area (Å²) in [6, 6.07) is 14.4. The fourth-order valence-electron chi connectivity index (χ4n) is 2.25. The lowest BCUT2D eigenvalue weighted by Crippen LogP contribution is -2.14. The van der Waals surface area contributed by atoms with Crippen LogP contribution in [0, 0.1) is 0 Å². The molecule has 21 heavy (non-hydrogen) atoms. The second-order valence-corrected chi connectivity index (χ2v) is 4.76. The summed E-state index contributed by atoms with van der Waals surface area (Å²) in [5.41, 5.74) is 1.33. The first-order valence-electron chi connectivity index (χ1n) is 6.63. The van der Waals surface area contributed by atoms with Crippen LogP contribution in [0.1, 0.15) is 5.56 Å². The van der Waals surface area contributed by atoms with E-state index in [2.05, 4.69) is 10.3 Å². The summed E-state index contributed by atoms with van der Waals surface area (Å²) in [6.45, 7) is 0. The number of para-hydroxylation sites is 1. The van der Waals surface area contributed by atoms with Crippen molar-refractivity contribution >= 4 is 22.4 Å². The van der Waals surface area contributed by atoms with E-state index in [4.69, 9.17) is 0 Å². The van der Waals surface area contributed by atoms with Crippen LogP contribution in [0.3, 0.4) is 0 Å². The Bertz CT molecular complexity index is 794. The van der Waals surface area contributed by atoms with E-state index >= 15 is 0 Å². The Morgan fingerprint density at radius 2 is 1.95 bits per heavy atom. The molecule has 0 aliphatic heterocycles. The summed E-state index contributed by atoms with van der Waals surface area (Å²) >= 11 is 0. The Kier molecular flexibility index (Phi) is 3.51. The molecule has 1 aromatic heterocycles. The van der Waals surface area contributed by atoms with Gasteiger partial charge in [-0.3, -0.25) is 9.78 Å². The molecule has 3 aromatic rings. The van der Waals surface area contributed by atoms with Crippen molar-refractivity contribution in [2.45, 2.75) is 6.42 Å². The first kappa shape index (κ1) is 13.1. The van der Waals surface area contributed by atoms with Gasteiger partial charge in [-0.05, 0) is 23.6 Å². The number of nitrogens with one attached hydrogen (secondary N) is 1. The first-order valence-corrected chi connectivity index (χ1v) is 6.63. The Labute approximate surface area is 122 Å². The number of phenols is 1. The molecule has 4 nitrogen and oxygen atoms in total. The second kappa shape index (κ2) is 5.63. The predicted octanol–water partition coefficient (Wildman–Crippen LogP) is 3.12. The highest BCUT2D eigenvalue weighted by Crippen LogP contribution is 2.23. The van der Waals surface area contributed by atoms with E-state index in [-0.39, 0.29) is 18.1 Å². The lowest BCUT2D eigenvalue weighted by atomic mass is 10.1. The number of amides is 1. The smallest absolute Gasteiger partial charge is 0.228 e. The Hall–Kier alpha value is -2.88. The molecule has 1 heterocycles. The van der Waals surface area contributed by atoms with Crippen LogP contribution in [0.4, 0.5) is 5.69 Å². The Morgan fingerprint density at radius 3 is 2.81 bits per heavy atom. The van der Waals surface area contributed by atoms with Crippen LogP contribution in [0.25, 0.3) is 10.8 Å². The van der Waals surface area contributed by atoms with Crippen LogP contribution in [0.5, 0.6) is 5.75 Å². The van der Waals surface area contributed by atoms with Gasteiger partial charge in [0.2, 0.25) is 5.91 Å². The highest BCUT2D eigenvalue weighted by Gasteiger charge is 2.09. The molecule has 0 saturated carbocycles. The second-order valence-electron chi connectivity index (χ2n) is 4.76. The molecule has 0 unspecified atom stereocenters. The van der Waals surface area contributed by atoms with Gasteiger partial charge in [0.05, 0.1) is 12.1 Å². The number of aromatic nitrogens is 1. The number of pyridine rings is 1. The van der Waals surface area contributed by atoms with Gasteiger partial charge in [0, 0.05) is 23.3 Å². The number of nitrogens with zero attached hydrogens (tertiary/aromatic N) is 1. The van der Waals surface area contributed by atoms with Crippen LogP contribution in [-0.4, -0.2) is 16.0 Å². The highest BCUT2D eigenvalue weighted by atomic mass is 16.3. The van der Waals surface area contributed by atoms with Crippen LogP contribution < -0.4 is 5.32 Å². The van der Waals surface area contributed by atoms with Crippen molar-refractivity contribution in [3.63, 3.8) is 0 Å². The lowest BCUT2D eigenvalue weighted by Gasteiger charge is -2.09. The first-order chi connectivity index (χ1) is 10.2. The third-order valence-corrected chi connectivity index (χ3v) is 3.30. The number of hydrogen-bond donors (Lipinski definition) is 2. The van der Waals surface area contributed by atoms with E-state index in [1.807, 2.05) is 24.3 Å². The normalized spacial score (nSPS) is 10.5. The molecular formula is C17H14N2O2. The van der Waals surface area contributed by atoms with E-state index in [1.165, 1.54) is 0 Å². The number of hydrogen-bond acceptors (Lipinski definition) is 3. The van der Waals surface area contributed by atoms with Gasteiger partial charge in [-0.25, -0.2) is 0 Å². The molecule has 0 aliphatic carbocycles. The Balaban J connectivity index is 1.82. The van der Waals surface area contributed by atoms with Crippen molar-refractivity contribution in [3.8, 4) is 5.75 Å². The molecule has 3 rings (SSSR count). The summed E-state index contributed by atoms with van der Waals surface area (Å²) < 4.78 is 0. The molecule has 1 amide bonds. The maximum atomic E-state index is 12.1. The fourth-order valence-corrected chi connectivity index (χ4v) is 2.25. The molecule has 104 valence electrons. The molecule has 0 aliphatic rings. The molecule has 0 saturated heterocycles. The quantitative estimate of drug-likeness (QED) is 0.773. The fraction of sp³-hybridized carbons (Fsp3) is 0.0588. The van der Waals surface area contributed by atoms with Gasteiger partial charge >= 0.3 is 0 Å². The number of rotatable bonds is 3. The van der Waals surface area contributed by atoms with Crippen molar-refractivity contribution in [1.82, 2.24) is 4.98 Å². The number of benzene rings is 2. The van der Waals surface area contributed by atoms with Crippen molar-refractivity contribution in [2.75, 3.05) is 5.32 Å². The van der Waals surface area contributed by atoms with E-state index in [0.717, 1.165) is 16.5 Å². The van der Waals surface area contributed by atoms with E-state index in [1.54, 1.807) is 36.7 Å². The number of carbonyl (C=O) groups excluding carboxylic acids is 1. The maximum Gasteiger partial charge on any atom is 0.228 e.